The largest absolute Gasteiger partial charge is 0.493 e. The number of nitro groups is 1. The molecular formula is C20H19N3O5S. The van der Waals surface area contributed by atoms with Gasteiger partial charge in [0.05, 0.1) is 35.9 Å². The number of aromatic nitrogens is 1. The first-order chi connectivity index (χ1) is 13.9. The maximum Gasteiger partial charge on any atom is 0.286 e. The highest BCUT2D eigenvalue weighted by atomic mass is 32.1. The number of carbonyl (C=O) groups is 1. The number of hydrogen-bond donors (Lipinski definition) is 1. The molecule has 0 spiro atoms. The van der Waals surface area contributed by atoms with Gasteiger partial charge in [-0.2, -0.15) is 0 Å². The molecule has 1 aromatic heterocycles. The highest BCUT2D eigenvalue weighted by Crippen LogP contribution is 2.34. The van der Waals surface area contributed by atoms with E-state index in [2.05, 4.69) is 10.3 Å². The number of methoxy groups -OCH3 is 2. The zero-order valence-corrected chi connectivity index (χ0v) is 16.9. The fraction of sp³-hybridized carbons (Fsp3) is 0.200. The normalized spacial score (nSPS) is 10.4. The van der Waals surface area contributed by atoms with Crippen LogP contribution >= 0.6 is 11.3 Å². The van der Waals surface area contributed by atoms with Crippen LogP contribution in [0.5, 0.6) is 11.5 Å². The number of aryl methyl sites for hydroxylation is 1. The van der Waals surface area contributed by atoms with Crippen molar-refractivity contribution in [1.29, 1.82) is 0 Å². The van der Waals surface area contributed by atoms with Crippen LogP contribution < -0.4 is 14.8 Å². The fourth-order valence-electron chi connectivity index (χ4n) is 2.77. The molecule has 150 valence electrons. The standard InChI is InChI=1S/C20H19N3O5S/c1-12-22-16(11-29-12)14-6-4-13(5-7-14)10-21-20(24)15-8-18(27-2)19(28-3)9-17(15)23(25)26/h4-9,11H,10H2,1-3H3,(H,21,24). The molecule has 3 rings (SSSR count). The summed E-state index contributed by atoms with van der Waals surface area (Å²) < 4.78 is 10.2. The predicted molar refractivity (Wildman–Crippen MR) is 110 cm³/mol. The molecule has 0 unspecified atom stereocenters. The molecule has 0 bridgehead atoms. The van der Waals surface area contributed by atoms with Gasteiger partial charge in [0.1, 0.15) is 5.56 Å². The third kappa shape index (κ3) is 4.52. The Labute approximate surface area is 171 Å². The monoisotopic (exact) mass is 413 g/mol. The van der Waals surface area contributed by atoms with Gasteiger partial charge >= 0.3 is 0 Å². The van der Waals surface area contributed by atoms with Crippen molar-refractivity contribution in [3.05, 3.63) is 68.0 Å². The Hall–Kier alpha value is -3.46. The average molecular weight is 413 g/mol. The summed E-state index contributed by atoms with van der Waals surface area (Å²) in [6.07, 6.45) is 0. The van der Waals surface area contributed by atoms with Gasteiger partial charge in [-0.3, -0.25) is 14.9 Å². The molecule has 8 nitrogen and oxygen atoms in total. The molecule has 1 amide bonds. The third-order valence-electron chi connectivity index (χ3n) is 4.26. The summed E-state index contributed by atoms with van der Waals surface area (Å²) in [7, 11) is 2.77. The van der Waals surface area contributed by atoms with Crippen LogP contribution in [0.25, 0.3) is 11.3 Å². The Balaban J connectivity index is 1.76. The molecule has 9 heteroatoms. The molecule has 0 saturated heterocycles. The van der Waals surface area contributed by atoms with Crippen molar-refractivity contribution < 1.29 is 19.2 Å². The topological polar surface area (TPSA) is 104 Å². The Morgan fingerprint density at radius 3 is 2.38 bits per heavy atom. The maximum atomic E-state index is 12.6. The lowest BCUT2D eigenvalue weighted by Gasteiger charge is -2.11. The second-order valence-electron chi connectivity index (χ2n) is 6.11. The highest BCUT2D eigenvalue weighted by molar-refractivity contribution is 7.09. The number of carbonyl (C=O) groups excluding carboxylic acids is 1. The van der Waals surface area contributed by atoms with E-state index in [1.807, 2.05) is 36.6 Å². The lowest BCUT2D eigenvalue weighted by Crippen LogP contribution is -2.23. The molecule has 0 aliphatic carbocycles. The number of benzene rings is 2. The van der Waals surface area contributed by atoms with Crippen molar-refractivity contribution in [3.8, 4) is 22.8 Å². The van der Waals surface area contributed by atoms with Gasteiger partial charge in [-0.15, -0.1) is 11.3 Å². The van der Waals surface area contributed by atoms with Crippen LogP contribution in [0.15, 0.2) is 41.8 Å². The Morgan fingerprint density at radius 1 is 1.17 bits per heavy atom. The Morgan fingerprint density at radius 2 is 1.83 bits per heavy atom. The zero-order chi connectivity index (χ0) is 21.0. The smallest absolute Gasteiger partial charge is 0.286 e. The number of nitro benzene ring substituents is 1. The quantitative estimate of drug-likeness (QED) is 0.464. The summed E-state index contributed by atoms with van der Waals surface area (Å²) >= 11 is 1.58. The number of rotatable bonds is 7. The van der Waals surface area contributed by atoms with Gasteiger partial charge < -0.3 is 14.8 Å². The van der Waals surface area contributed by atoms with Crippen molar-refractivity contribution in [2.24, 2.45) is 0 Å². The first-order valence-electron chi connectivity index (χ1n) is 8.63. The highest BCUT2D eigenvalue weighted by Gasteiger charge is 2.24. The number of amides is 1. The molecule has 0 radical (unpaired) electrons. The molecule has 0 saturated carbocycles. The minimum Gasteiger partial charge on any atom is -0.493 e. The average Bonchev–Trinajstić information content (AvgIpc) is 3.17. The number of thiazole rings is 1. The van der Waals surface area contributed by atoms with Crippen molar-refractivity contribution in [2.75, 3.05) is 14.2 Å². The molecule has 0 aliphatic rings. The molecule has 0 aliphatic heterocycles. The van der Waals surface area contributed by atoms with E-state index in [1.165, 1.54) is 26.4 Å². The lowest BCUT2D eigenvalue weighted by atomic mass is 10.1. The molecule has 3 aromatic rings. The molecule has 0 fully saturated rings. The van der Waals surface area contributed by atoms with E-state index in [0.29, 0.717) is 0 Å². The minimum absolute atomic E-state index is 0.0952. The van der Waals surface area contributed by atoms with Crippen LogP contribution in [0.1, 0.15) is 20.9 Å². The zero-order valence-electron chi connectivity index (χ0n) is 16.1. The van der Waals surface area contributed by atoms with Crippen LogP contribution in [-0.4, -0.2) is 30.0 Å². The summed E-state index contributed by atoms with van der Waals surface area (Å²) in [6, 6.07) is 10.1. The van der Waals surface area contributed by atoms with Crippen LogP contribution in [0, 0.1) is 17.0 Å². The number of nitrogens with one attached hydrogen (secondary N) is 1. The summed E-state index contributed by atoms with van der Waals surface area (Å²) in [5.41, 5.74) is 2.30. The molecule has 0 atom stereocenters. The number of hydrogen-bond acceptors (Lipinski definition) is 7. The van der Waals surface area contributed by atoms with E-state index < -0.39 is 10.8 Å². The summed E-state index contributed by atoms with van der Waals surface area (Å²) in [6.45, 7) is 2.17. The minimum atomic E-state index is -0.624. The molecule has 29 heavy (non-hydrogen) atoms. The molecule has 1 heterocycles. The van der Waals surface area contributed by atoms with Gasteiger partial charge in [0.15, 0.2) is 11.5 Å². The van der Waals surface area contributed by atoms with Gasteiger partial charge in [-0.25, -0.2) is 4.98 Å². The van der Waals surface area contributed by atoms with Crippen molar-refractivity contribution in [3.63, 3.8) is 0 Å². The second-order valence-corrected chi connectivity index (χ2v) is 7.18. The van der Waals surface area contributed by atoms with E-state index in [-0.39, 0.29) is 29.3 Å². The molecule has 1 N–H and O–H groups in total. The third-order valence-corrected chi connectivity index (χ3v) is 5.04. The van der Waals surface area contributed by atoms with E-state index >= 15 is 0 Å². The van der Waals surface area contributed by atoms with Gasteiger partial charge in [-0.05, 0) is 12.5 Å². The van der Waals surface area contributed by atoms with Gasteiger partial charge in [0, 0.05) is 23.6 Å². The van der Waals surface area contributed by atoms with Crippen molar-refractivity contribution in [1.82, 2.24) is 10.3 Å². The van der Waals surface area contributed by atoms with E-state index in [9.17, 15) is 14.9 Å². The van der Waals surface area contributed by atoms with Crippen LogP contribution in [0.4, 0.5) is 5.69 Å². The van der Waals surface area contributed by atoms with Gasteiger partial charge in [0.2, 0.25) is 0 Å². The second kappa shape index (κ2) is 8.70. The Bertz CT molecular complexity index is 1050. The van der Waals surface area contributed by atoms with Crippen LogP contribution in [0.2, 0.25) is 0 Å². The van der Waals surface area contributed by atoms with Crippen molar-refractivity contribution in [2.45, 2.75) is 13.5 Å². The molecular weight excluding hydrogens is 394 g/mol. The maximum absolute atomic E-state index is 12.6. The van der Waals surface area contributed by atoms with Crippen LogP contribution in [0.3, 0.4) is 0 Å². The van der Waals surface area contributed by atoms with Gasteiger partial charge in [-0.1, -0.05) is 24.3 Å². The Kier molecular flexibility index (Phi) is 6.08. The van der Waals surface area contributed by atoms with Crippen LogP contribution in [-0.2, 0) is 6.54 Å². The summed E-state index contributed by atoms with van der Waals surface area (Å²) in [4.78, 5) is 27.8. The number of nitrogens with zero attached hydrogens (tertiary/aromatic N) is 2. The molecule has 2 aromatic carbocycles. The summed E-state index contributed by atoms with van der Waals surface area (Å²) in [5.74, 6) is -0.147. The first-order valence-corrected chi connectivity index (χ1v) is 9.51. The van der Waals surface area contributed by atoms with Gasteiger partial charge in [0.25, 0.3) is 11.6 Å². The fourth-order valence-corrected chi connectivity index (χ4v) is 3.39. The first kappa shape index (κ1) is 20.3. The van der Waals surface area contributed by atoms with E-state index in [1.54, 1.807) is 11.3 Å². The predicted octanol–water partition coefficient (Wildman–Crippen LogP) is 3.97. The lowest BCUT2D eigenvalue weighted by molar-refractivity contribution is -0.385. The number of ether oxygens (including phenoxy) is 2. The van der Waals surface area contributed by atoms with E-state index in [0.717, 1.165) is 21.8 Å². The SMILES string of the molecule is COc1cc(C(=O)NCc2ccc(-c3csc(C)n3)cc2)c([N+](=O)[O-])cc1OC. The van der Waals surface area contributed by atoms with Crippen molar-refractivity contribution >= 4 is 22.9 Å². The van der Waals surface area contributed by atoms with E-state index in [4.69, 9.17) is 9.47 Å². The summed E-state index contributed by atoms with van der Waals surface area (Å²) in [5, 5.41) is 17.1.